The van der Waals surface area contributed by atoms with E-state index in [0.29, 0.717) is 4.88 Å². The molecule has 0 radical (unpaired) electrons. The highest BCUT2D eigenvalue weighted by Crippen LogP contribution is 2.36. The first-order valence-electron chi connectivity index (χ1n) is 8.11. The summed E-state index contributed by atoms with van der Waals surface area (Å²) in [6.45, 7) is 0. The van der Waals surface area contributed by atoms with Gasteiger partial charge in [0.25, 0.3) is 0 Å². The van der Waals surface area contributed by atoms with E-state index in [0.717, 1.165) is 24.0 Å². The fourth-order valence-electron chi connectivity index (χ4n) is 2.45. The molecule has 0 aliphatic heterocycles. The number of rotatable bonds is 4. The molecule has 0 atom stereocenters. The van der Waals surface area contributed by atoms with Gasteiger partial charge in [-0.25, -0.2) is 26.7 Å². The van der Waals surface area contributed by atoms with Crippen molar-refractivity contribution in [2.75, 3.05) is 17.7 Å². The minimum atomic E-state index is -2.28. The predicted molar refractivity (Wildman–Crippen MR) is 107 cm³/mol. The van der Waals surface area contributed by atoms with Crippen molar-refractivity contribution in [1.29, 1.82) is 0 Å². The summed E-state index contributed by atoms with van der Waals surface area (Å²) < 4.78 is 72.3. The van der Waals surface area contributed by atoms with Crippen LogP contribution in [0.15, 0.2) is 36.4 Å². The van der Waals surface area contributed by atoms with Gasteiger partial charge in [0.2, 0.25) is 5.82 Å². The lowest BCUT2D eigenvalue weighted by Crippen LogP contribution is -2.22. The first-order valence-corrected chi connectivity index (χ1v) is 9.34. The Balaban J connectivity index is 1.92. The Morgan fingerprint density at radius 2 is 1.50 bits per heavy atom. The van der Waals surface area contributed by atoms with E-state index in [1.54, 1.807) is 30.3 Å². The second-order valence-corrected chi connectivity index (χ2v) is 7.20. The van der Waals surface area contributed by atoms with Gasteiger partial charge >= 0.3 is 5.97 Å². The molecule has 0 saturated carbocycles. The maximum atomic E-state index is 13.8. The summed E-state index contributed by atoms with van der Waals surface area (Å²) in [5.74, 6) is -11.4. The molecule has 3 rings (SSSR count). The van der Waals surface area contributed by atoms with E-state index < -0.39 is 45.9 Å². The molecular weight excluding hydrogens is 447 g/mol. The van der Waals surface area contributed by atoms with E-state index in [1.165, 1.54) is 6.07 Å². The van der Waals surface area contributed by atoms with Crippen molar-refractivity contribution in [2.24, 2.45) is 0 Å². The van der Waals surface area contributed by atoms with Crippen LogP contribution in [0.1, 0.15) is 10.4 Å². The molecule has 1 aromatic heterocycles. The predicted octanol–water partition coefficient (Wildman–Crippen LogP) is 5.71. The Bertz CT molecular complexity index is 1110. The van der Waals surface area contributed by atoms with Crippen LogP contribution in [0.25, 0.3) is 10.4 Å². The van der Waals surface area contributed by atoms with Gasteiger partial charge in [0, 0.05) is 4.88 Å². The van der Waals surface area contributed by atoms with E-state index in [2.05, 4.69) is 5.32 Å². The SMILES string of the molecule is COC(=O)c1cc(-c2ccccc2)sc1NC(=S)Nc1c(F)c(F)c(F)c(F)c1F. The van der Waals surface area contributed by atoms with Crippen LogP contribution >= 0.6 is 23.6 Å². The van der Waals surface area contributed by atoms with Crippen molar-refractivity contribution >= 4 is 45.3 Å². The number of halogens is 5. The minimum Gasteiger partial charge on any atom is -0.465 e. The van der Waals surface area contributed by atoms with Gasteiger partial charge in [0.1, 0.15) is 10.7 Å². The lowest BCUT2D eigenvalue weighted by atomic mass is 10.1. The van der Waals surface area contributed by atoms with Crippen molar-refractivity contribution in [3.05, 3.63) is 71.0 Å². The zero-order valence-corrected chi connectivity index (χ0v) is 16.6. The summed E-state index contributed by atoms with van der Waals surface area (Å²) in [5, 5.41) is 4.14. The van der Waals surface area contributed by atoms with Crippen LogP contribution in [0, 0.1) is 29.1 Å². The molecular formula is C19H11F5N2O2S2. The maximum Gasteiger partial charge on any atom is 0.340 e. The number of hydrogen-bond donors (Lipinski definition) is 2. The molecule has 0 spiro atoms. The molecule has 0 unspecified atom stereocenters. The minimum absolute atomic E-state index is 0.0721. The highest BCUT2D eigenvalue weighted by molar-refractivity contribution is 7.80. The number of carbonyl (C=O) groups excluding carboxylic acids is 1. The number of thiocarbonyl (C=S) groups is 1. The van der Waals surface area contributed by atoms with Crippen molar-refractivity contribution in [1.82, 2.24) is 0 Å². The summed E-state index contributed by atoms with van der Waals surface area (Å²) in [6, 6.07) is 10.5. The number of nitrogens with one attached hydrogen (secondary N) is 2. The molecule has 0 aliphatic carbocycles. The number of carbonyl (C=O) groups is 1. The van der Waals surface area contributed by atoms with Crippen LogP contribution in [0.4, 0.5) is 32.6 Å². The number of methoxy groups -OCH3 is 1. The van der Waals surface area contributed by atoms with E-state index in [4.69, 9.17) is 17.0 Å². The van der Waals surface area contributed by atoms with Crippen molar-refractivity contribution in [2.45, 2.75) is 0 Å². The summed E-state index contributed by atoms with van der Waals surface area (Å²) in [4.78, 5) is 12.7. The van der Waals surface area contributed by atoms with Crippen LogP contribution < -0.4 is 10.6 Å². The molecule has 1 heterocycles. The van der Waals surface area contributed by atoms with E-state index in [9.17, 15) is 26.7 Å². The summed E-state index contributed by atoms with van der Waals surface area (Å²) >= 11 is 6.00. The van der Waals surface area contributed by atoms with Crippen molar-refractivity contribution in [3.63, 3.8) is 0 Å². The van der Waals surface area contributed by atoms with Crippen molar-refractivity contribution in [3.8, 4) is 10.4 Å². The summed E-state index contributed by atoms with van der Waals surface area (Å²) in [6.07, 6.45) is 0. The van der Waals surface area contributed by atoms with Crippen LogP contribution in [0.3, 0.4) is 0 Å². The van der Waals surface area contributed by atoms with Gasteiger partial charge in [-0.05, 0) is 23.8 Å². The molecule has 4 nitrogen and oxygen atoms in total. The van der Waals surface area contributed by atoms with Gasteiger partial charge in [-0.15, -0.1) is 11.3 Å². The third kappa shape index (κ3) is 4.12. The van der Waals surface area contributed by atoms with Crippen LogP contribution in [-0.2, 0) is 4.74 Å². The van der Waals surface area contributed by atoms with Crippen LogP contribution in [0.5, 0.6) is 0 Å². The normalized spacial score (nSPS) is 10.6. The molecule has 2 aromatic carbocycles. The Morgan fingerprint density at radius 3 is 2.07 bits per heavy atom. The number of esters is 1. The highest BCUT2D eigenvalue weighted by atomic mass is 32.1. The van der Waals surface area contributed by atoms with Crippen molar-refractivity contribution < 1.29 is 31.5 Å². The lowest BCUT2D eigenvalue weighted by Gasteiger charge is -2.13. The third-order valence-electron chi connectivity index (χ3n) is 3.87. The molecule has 3 aromatic rings. The number of ether oxygens (including phenoxy) is 1. The van der Waals surface area contributed by atoms with Gasteiger partial charge in [-0.2, -0.15) is 0 Å². The molecule has 156 valence electrons. The maximum absolute atomic E-state index is 13.8. The lowest BCUT2D eigenvalue weighted by molar-refractivity contribution is 0.0602. The second-order valence-electron chi connectivity index (χ2n) is 5.74. The molecule has 2 N–H and O–H groups in total. The first kappa shape index (κ1) is 21.7. The summed E-state index contributed by atoms with van der Waals surface area (Å²) in [7, 11) is 1.16. The molecule has 30 heavy (non-hydrogen) atoms. The molecule has 0 bridgehead atoms. The number of thiophene rings is 1. The van der Waals surface area contributed by atoms with Crippen LogP contribution in [-0.4, -0.2) is 18.2 Å². The molecule has 0 aliphatic rings. The van der Waals surface area contributed by atoms with Gasteiger partial charge in [0.05, 0.1) is 12.7 Å². The zero-order chi connectivity index (χ0) is 22.0. The standard InChI is InChI=1S/C19H11F5N2O2S2/c1-28-18(27)9-7-10(8-5-3-2-4-6-8)30-17(9)26-19(29)25-16-14(23)12(21)11(20)13(22)15(16)24/h2-7H,1H3,(H2,25,26,29). The van der Waals surface area contributed by atoms with E-state index >= 15 is 0 Å². The van der Waals surface area contributed by atoms with Crippen LogP contribution in [0.2, 0.25) is 0 Å². The highest BCUT2D eigenvalue weighted by Gasteiger charge is 2.27. The average Bonchev–Trinajstić information content (AvgIpc) is 3.17. The van der Waals surface area contributed by atoms with Gasteiger partial charge < -0.3 is 15.4 Å². The Kier molecular flexibility index (Phi) is 6.32. The third-order valence-corrected chi connectivity index (χ3v) is 5.17. The average molecular weight is 458 g/mol. The Morgan fingerprint density at radius 1 is 0.933 bits per heavy atom. The largest absolute Gasteiger partial charge is 0.465 e. The molecule has 0 amide bonds. The topological polar surface area (TPSA) is 50.4 Å². The number of anilines is 2. The zero-order valence-electron chi connectivity index (χ0n) is 15.0. The van der Waals surface area contributed by atoms with E-state index in [1.807, 2.05) is 5.32 Å². The Hall–Kier alpha value is -3.05. The fraction of sp³-hybridized carbons (Fsp3) is 0.0526. The fourth-order valence-corrected chi connectivity index (χ4v) is 3.78. The second kappa shape index (κ2) is 8.76. The van der Waals surface area contributed by atoms with Gasteiger partial charge in [-0.1, -0.05) is 30.3 Å². The quantitative estimate of drug-likeness (QED) is 0.173. The molecule has 11 heteroatoms. The summed E-state index contributed by atoms with van der Waals surface area (Å²) in [5.41, 5.74) is -0.467. The molecule has 0 saturated heterocycles. The molecule has 0 fully saturated rings. The monoisotopic (exact) mass is 458 g/mol. The number of benzene rings is 2. The smallest absolute Gasteiger partial charge is 0.340 e. The van der Waals surface area contributed by atoms with Gasteiger partial charge in [-0.3, -0.25) is 0 Å². The first-order chi connectivity index (χ1) is 14.2. The number of hydrogen-bond acceptors (Lipinski definition) is 4. The van der Waals surface area contributed by atoms with Gasteiger partial charge in [0.15, 0.2) is 28.4 Å². The Labute approximate surface area is 176 Å². The van der Waals surface area contributed by atoms with E-state index in [-0.39, 0.29) is 10.6 Å².